The van der Waals surface area contributed by atoms with Crippen molar-refractivity contribution in [2.75, 3.05) is 39.5 Å². The Morgan fingerprint density at radius 2 is 2.04 bits per heavy atom. The second-order valence-corrected chi connectivity index (χ2v) is 9.24. The molecule has 1 aliphatic rings. The lowest BCUT2D eigenvalue weighted by Crippen LogP contribution is -2.34. The molecule has 0 unspecified atom stereocenters. The summed E-state index contributed by atoms with van der Waals surface area (Å²) in [5, 5.41) is 3.05. The normalized spacial score (nSPS) is 14.6. The van der Waals surface area contributed by atoms with Crippen LogP contribution in [0.25, 0.3) is 0 Å². The predicted octanol–water partition coefficient (Wildman–Crippen LogP) is 2.83. The molecule has 0 bridgehead atoms. The summed E-state index contributed by atoms with van der Waals surface area (Å²) < 4.78 is 26.6. The first-order valence-electron chi connectivity index (χ1n) is 7.61. The van der Waals surface area contributed by atoms with Crippen molar-refractivity contribution >= 4 is 51.8 Å². The van der Waals surface area contributed by atoms with E-state index < -0.39 is 16.1 Å². The summed E-state index contributed by atoms with van der Waals surface area (Å²) in [4.78, 5) is 14.6. The minimum Gasteiger partial charge on any atom is -0.335 e. The Morgan fingerprint density at radius 1 is 1.36 bits per heavy atom. The molecule has 6 nitrogen and oxygen atoms in total. The first kappa shape index (κ1) is 22.4. The zero-order chi connectivity index (χ0) is 17.9. The summed E-state index contributed by atoms with van der Waals surface area (Å²) in [5.41, 5.74) is 0.674. The second kappa shape index (κ2) is 9.32. The van der Waals surface area contributed by atoms with E-state index in [-0.39, 0.29) is 23.8 Å². The van der Waals surface area contributed by atoms with Crippen LogP contribution in [0.5, 0.6) is 0 Å². The first-order valence-corrected chi connectivity index (χ1v) is 10.4. The third kappa shape index (κ3) is 5.40. The van der Waals surface area contributed by atoms with Gasteiger partial charge < -0.3 is 10.2 Å². The highest BCUT2D eigenvalue weighted by Gasteiger charge is 2.34. The second-order valence-electron chi connectivity index (χ2n) is 5.86. The van der Waals surface area contributed by atoms with Crippen molar-refractivity contribution in [1.29, 1.82) is 0 Å². The quantitative estimate of drug-likeness (QED) is 0.534. The smallest absolute Gasteiger partial charge is 0.331 e. The molecule has 0 spiro atoms. The van der Waals surface area contributed by atoms with Crippen LogP contribution in [0, 0.1) is 6.92 Å². The van der Waals surface area contributed by atoms with Gasteiger partial charge in [-0.25, -0.2) is 17.5 Å². The van der Waals surface area contributed by atoms with E-state index >= 15 is 0 Å². The third-order valence-corrected chi connectivity index (χ3v) is 7.12. The number of urea groups is 1. The van der Waals surface area contributed by atoms with Crippen molar-refractivity contribution in [2.45, 2.75) is 23.1 Å². The van der Waals surface area contributed by atoms with Gasteiger partial charge in [0.15, 0.2) is 0 Å². The molecule has 142 valence electrons. The molecular weight excluding hydrogens is 405 g/mol. The zero-order valence-corrected chi connectivity index (χ0v) is 17.6. The van der Waals surface area contributed by atoms with Gasteiger partial charge in [0.05, 0.1) is 6.54 Å². The number of aryl methyl sites for hydroxylation is 1. The average Bonchev–Trinajstić information content (AvgIpc) is 2.93. The largest absolute Gasteiger partial charge is 0.335 e. The van der Waals surface area contributed by atoms with Crippen LogP contribution in [0.4, 0.5) is 4.79 Å². The number of amides is 2. The summed E-state index contributed by atoms with van der Waals surface area (Å²) >= 11 is 7.63. The SMILES string of the molecule is Cc1cc(S(=O)(=O)N2CCNC2=O)c(SCCCN(C)C)cc1Cl.Cl. The van der Waals surface area contributed by atoms with Gasteiger partial charge in [-0.3, -0.25) is 0 Å². The molecule has 25 heavy (non-hydrogen) atoms. The highest BCUT2D eigenvalue weighted by Crippen LogP contribution is 2.34. The molecular formula is C15H23Cl2N3O3S2. The lowest BCUT2D eigenvalue weighted by molar-refractivity contribution is 0.235. The molecule has 1 aromatic rings. The lowest BCUT2D eigenvalue weighted by Gasteiger charge is -2.18. The Morgan fingerprint density at radius 3 is 2.60 bits per heavy atom. The van der Waals surface area contributed by atoms with E-state index in [1.54, 1.807) is 19.1 Å². The minimum absolute atomic E-state index is 0. The molecule has 2 rings (SSSR count). The van der Waals surface area contributed by atoms with Crippen LogP contribution in [0.1, 0.15) is 12.0 Å². The van der Waals surface area contributed by atoms with E-state index in [0.29, 0.717) is 22.0 Å². The molecule has 1 N–H and O–H groups in total. The number of hydrogen-bond donors (Lipinski definition) is 1. The lowest BCUT2D eigenvalue weighted by atomic mass is 10.2. The minimum atomic E-state index is -3.88. The van der Waals surface area contributed by atoms with Crippen LogP contribution < -0.4 is 5.32 Å². The average molecular weight is 428 g/mol. The van der Waals surface area contributed by atoms with Crippen molar-refractivity contribution in [3.63, 3.8) is 0 Å². The maximum Gasteiger partial charge on any atom is 0.331 e. The number of carbonyl (C=O) groups excluding carboxylic acids is 1. The molecule has 1 saturated heterocycles. The summed E-state index contributed by atoms with van der Waals surface area (Å²) in [5.74, 6) is 0.770. The van der Waals surface area contributed by atoms with Gasteiger partial charge in [-0.1, -0.05) is 11.6 Å². The summed E-state index contributed by atoms with van der Waals surface area (Å²) in [6.07, 6.45) is 0.923. The molecule has 1 aromatic carbocycles. The number of halogens is 2. The van der Waals surface area contributed by atoms with E-state index in [2.05, 4.69) is 10.2 Å². The van der Waals surface area contributed by atoms with Crippen molar-refractivity contribution in [3.05, 3.63) is 22.7 Å². The summed E-state index contributed by atoms with van der Waals surface area (Å²) in [6.45, 7) is 3.15. The fourth-order valence-electron chi connectivity index (χ4n) is 2.32. The predicted molar refractivity (Wildman–Crippen MR) is 105 cm³/mol. The fourth-order valence-corrected chi connectivity index (χ4v) is 5.42. The standard InChI is InChI=1S/C15H22ClN3O3S2.ClH/c1-11-9-14(24(21,22)19-7-5-17-15(19)20)13(10-12(11)16)23-8-4-6-18(2)3;/h9-10H,4-8H2,1-3H3,(H,17,20);1H. The van der Waals surface area contributed by atoms with E-state index in [1.807, 2.05) is 14.1 Å². The third-order valence-electron chi connectivity index (χ3n) is 3.62. The summed E-state index contributed by atoms with van der Waals surface area (Å²) in [7, 11) is 0.111. The van der Waals surface area contributed by atoms with Crippen molar-refractivity contribution in [2.24, 2.45) is 0 Å². The molecule has 10 heteroatoms. The highest BCUT2D eigenvalue weighted by molar-refractivity contribution is 8.00. The Bertz CT molecular complexity index is 727. The van der Waals surface area contributed by atoms with E-state index in [9.17, 15) is 13.2 Å². The van der Waals surface area contributed by atoms with E-state index in [4.69, 9.17) is 11.6 Å². The molecule has 1 aliphatic heterocycles. The Balaban J connectivity index is 0.00000312. The van der Waals surface area contributed by atoms with Crippen molar-refractivity contribution in [3.8, 4) is 0 Å². The number of rotatable bonds is 7. The van der Waals surface area contributed by atoms with Gasteiger partial charge in [0.2, 0.25) is 0 Å². The van der Waals surface area contributed by atoms with E-state index in [1.165, 1.54) is 11.8 Å². The fraction of sp³-hybridized carbons (Fsp3) is 0.533. The monoisotopic (exact) mass is 427 g/mol. The van der Waals surface area contributed by atoms with Crippen LogP contribution in [-0.4, -0.2) is 63.1 Å². The van der Waals surface area contributed by atoms with Gasteiger partial charge in [0.1, 0.15) is 4.90 Å². The van der Waals surface area contributed by atoms with Gasteiger partial charge in [0.25, 0.3) is 10.0 Å². The topological polar surface area (TPSA) is 69.7 Å². The zero-order valence-electron chi connectivity index (χ0n) is 14.4. The van der Waals surface area contributed by atoms with Gasteiger partial charge in [-0.15, -0.1) is 24.2 Å². The van der Waals surface area contributed by atoms with E-state index in [0.717, 1.165) is 23.0 Å². The number of sulfonamides is 1. The van der Waals surface area contributed by atoms with Crippen molar-refractivity contribution < 1.29 is 13.2 Å². The number of benzene rings is 1. The maximum atomic E-state index is 12.9. The van der Waals surface area contributed by atoms with Gasteiger partial charge >= 0.3 is 6.03 Å². The summed E-state index contributed by atoms with van der Waals surface area (Å²) in [6, 6.07) is 2.65. The molecule has 0 atom stereocenters. The molecule has 1 fully saturated rings. The highest BCUT2D eigenvalue weighted by atomic mass is 35.5. The van der Waals surface area contributed by atoms with Gasteiger partial charge in [0, 0.05) is 16.5 Å². The van der Waals surface area contributed by atoms with Crippen molar-refractivity contribution in [1.82, 2.24) is 14.5 Å². The molecule has 2 amide bonds. The van der Waals surface area contributed by atoms with Crippen LogP contribution in [0.15, 0.2) is 21.9 Å². The Kier molecular flexibility index (Phi) is 8.34. The van der Waals surface area contributed by atoms with Crippen LogP contribution in [0.3, 0.4) is 0 Å². The number of nitrogens with zero attached hydrogens (tertiary/aromatic N) is 2. The Hall–Kier alpha value is -0.670. The van der Waals surface area contributed by atoms with Gasteiger partial charge in [-0.05, 0) is 57.4 Å². The molecule has 0 saturated carbocycles. The van der Waals surface area contributed by atoms with Crippen LogP contribution in [0.2, 0.25) is 5.02 Å². The number of hydrogen-bond acceptors (Lipinski definition) is 5. The number of thioether (sulfide) groups is 1. The molecule has 0 aromatic heterocycles. The Labute approximate surface area is 164 Å². The molecule has 1 heterocycles. The first-order chi connectivity index (χ1) is 11.2. The molecule has 0 aliphatic carbocycles. The maximum absolute atomic E-state index is 12.9. The molecule has 0 radical (unpaired) electrons. The van der Waals surface area contributed by atoms with Gasteiger partial charge in [-0.2, -0.15) is 0 Å². The van der Waals surface area contributed by atoms with Crippen LogP contribution in [-0.2, 0) is 10.0 Å². The number of nitrogens with one attached hydrogen (secondary N) is 1. The van der Waals surface area contributed by atoms with Crippen LogP contribution >= 0.6 is 35.8 Å². The number of carbonyl (C=O) groups is 1.